The van der Waals surface area contributed by atoms with E-state index in [4.69, 9.17) is 0 Å². The highest BCUT2D eigenvalue weighted by Crippen LogP contribution is 2.21. The highest BCUT2D eigenvalue weighted by atomic mass is 16.5. The number of allylic oxidation sites excluding steroid dienone is 4. The van der Waals surface area contributed by atoms with Crippen LogP contribution in [0.1, 0.15) is 213 Å². The zero-order chi connectivity index (χ0) is 34.3. The molecule has 0 spiro atoms. The molecule has 0 aliphatic rings. The summed E-state index contributed by atoms with van der Waals surface area (Å²) in [4.78, 5) is 2.05. The first-order chi connectivity index (χ1) is 23.1. The summed E-state index contributed by atoms with van der Waals surface area (Å²) in [5.41, 5.74) is 0. The van der Waals surface area contributed by atoms with E-state index >= 15 is 0 Å². The van der Waals surface area contributed by atoms with Gasteiger partial charge in [-0.2, -0.15) is 0 Å². The molecule has 1 atom stereocenters. The van der Waals surface area contributed by atoms with E-state index in [2.05, 4.69) is 43.1 Å². The third kappa shape index (κ3) is 38.0. The maximum absolute atomic E-state index is 9.54. The average molecular weight is 664 g/mol. The third-order valence-electron chi connectivity index (χ3n) is 9.85. The minimum Gasteiger partial charge on any atom is -0.395 e. The van der Waals surface area contributed by atoms with Crippen molar-refractivity contribution in [2.24, 2.45) is 5.92 Å². The van der Waals surface area contributed by atoms with E-state index in [-0.39, 0.29) is 13.2 Å². The fourth-order valence-electron chi connectivity index (χ4n) is 6.86. The second-order valence-corrected chi connectivity index (χ2v) is 14.6. The number of aliphatic hydroxyl groups excluding tert-OH is 2. The van der Waals surface area contributed by atoms with Gasteiger partial charge in [-0.3, -0.25) is 4.90 Å². The molecule has 0 fully saturated rings. The second kappa shape index (κ2) is 39.8. The first-order valence-electron chi connectivity index (χ1n) is 21.1. The molecule has 280 valence electrons. The number of aliphatic hydroxyl groups is 3. The van der Waals surface area contributed by atoms with Crippen LogP contribution in [0.25, 0.3) is 0 Å². The lowest BCUT2D eigenvalue weighted by Gasteiger charge is -2.27. The molecule has 0 aliphatic heterocycles. The molecule has 4 nitrogen and oxygen atoms in total. The quantitative estimate of drug-likeness (QED) is 0.0348. The van der Waals surface area contributed by atoms with E-state index in [1.807, 2.05) is 0 Å². The van der Waals surface area contributed by atoms with Crippen molar-refractivity contribution in [2.45, 2.75) is 219 Å². The van der Waals surface area contributed by atoms with Gasteiger partial charge in [0.1, 0.15) is 0 Å². The Kier molecular flexibility index (Phi) is 39.2. The van der Waals surface area contributed by atoms with E-state index in [0.29, 0.717) is 12.5 Å². The van der Waals surface area contributed by atoms with Crippen LogP contribution >= 0.6 is 0 Å². The van der Waals surface area contributed by atoms with Gasteiger partial charge in [0.25, 0.3) is 0 Å². The molecule has 4 heteroatoms. The summed E-state index contributed by atoms with van der Waals surface area (Å²) in [5.74, 6) is 0.584. The Balaban J connectivity index is 4.00. The van der Waals surface area contributed by atoms with Gasteiger partial charge in [-0.1, -0.05) is 173 Å². The Morgan fingerprint density at radius 1 is 0.426 bits per heavy atom. The van der Waals surface area contributed by atoms with Gasteiger partial charge in [0.2, 0.25) is 0 Å². The Morgan fingerprint density at radius 3 is 1.06 bits per heavy atom. The monoisotopic (exact) mass is 664 g/mol. The van der Waals surface area contributed by atoms with Crippen LogP contribution in [-0.2, 0) is 0 Å². The van der Waals surface area contributed by atoms with Crippen molar-refractivity contribution in [3.8, 4) is 0 Å². The van der Waals surface area contributed by atoms with Crippen molar-refractivity contribution in [2.75, 3.05) is 26.2 Å². The Hall–Kier alpha value is -0.680. The molecule has 0 saturated heterocycles. The topological polar surface area (TPSA) is 63.9 Å². The number of nitrogens with zero attached hydrogens (tertiary/aromatic N) is 1. The molecule has 1 unspecified atom stereocenters. The molecule has 0 radical (unpaired) electrons. The van der Waals surface area contributed by atoms with E-state index in [9.17, 15) is 15.3 Å². The SMILES string of the molecule is CCCCCCCC/C=C\CCCCCCCCCC(CCCCCCCC/C=C\CCCCCCCC)CN(CCO)CC(O)O. The summed E-state index contributed by atoms with van der Waals surface area (Å²) in [6.07, 6.45) is 49.7. The van der Waals surface area contributed by atoms with Crippen molar-refractivity contribution < 1.29 is 15.3 Å². The molecule has 0 aliphatic carbocycles. The summed E-state index contributed by atoms with van der Waals surface area (Å²) in [6, 6.07) is 0. The van der Waals surface area contributed by atoms with Crippen molar-refractivity contribution in [3.63, 3.8) is 0 Å². The second-order valence-electron chi connectivity index (χ2n) is 14.6. The van der Waals surface area contributed by atoms with Gasteiger partial charge < -0.3 is 15.3 Å². The Bertz CT molecular complexity index is 635. The zero-order valence-electron chi connectivity index (χ0n) is 32.0. The van der Waals surface area contributed by atoms with Crippen LogP contribution in [0, 0.1) is 5.92 Å². The molecule has 0 amide bonds. The highest BCUT2D eigenvalue weighted by molar-refractivity contribution is 4.82. The predicted octanol–water partition coefficient (Wildman–Crippen LogP) is 12.5. The van der Waals surface area contributed by atoms with E-state index in [1.54, 1.807) is 0 Å². The van der Waals surface area contributed by atoms with Gasteiger partial charge in [-0.05, 0) is 70.1 Å². The zero-order valence-corrected chi connectivity index (χ0v) is 32.0. The Labute approximate surface area is 295 Å². The smallest absolute Gasteiger partial charge is 0.164 e. The van der Waals surface area contributed by atoms with Gasteiger partial charge >= 0.3 is 0 Å². The molecule has 0 saturated carbocycles. The first-order valence-corrected chi connectivity index (χ1v) is 21.1. The summed E-state index contributed by atoms with van der Waals surface area (Å²) in [5, 5.41) is 28.6. The van der Waals surface area contributed by atoms with Gasteiger partial charge in [0.05, 0.1) is 6.61 Å². The number of hydrogen-bond donors (Lipinski definition) is 3. The van der Waals surface area contributed by atoms with Crippen LogP contribution in [0.2, 0.25) is 0 Å². The minimum absolute atomic E-state index is 0.0720. The third-order valence-corrected chi connectivity index (χ3v) is 9.85. The molecule has 0 aromatic rings. The lowest BCUT2D eigenvalue weighted by molar-refractivity contribution is -0.0651. The average Bonchev–Trinajstić information content (AvgIpc) is 3.05. The minimum atomic E-state index is -1.33. The molecule has 47 heavy (non-hydrogen) atoms. The lowest BCUT2D eigenvalue weighted by atomic mass is 9.93. The van der Waals surface area contributed by atoms with Gasteiger partial charge in [-0.15, -0.1) is 0 Å². The van der Waals surface area contributed by atoms with Crippen LogP contribution in [0.3, 0.4) is 0 Å². The molecule has 0 aromatic carbocycles. The number of unbranched alkanes of at least 4 members (excludes halogenated alkanes) is 25. The standard InChI is InChI=1S/C43H85NO3/c1-3-5-7-9-11-13-15-17-19-21-23-25-27-29-31-33-35-37-42(40-44(38-39-45)41-43(46)47)36-34-32-30-28-26-24-22-20-18-16-14-12-10-8-6-4-2/h17-20,42-43,45-47H,3-16,21-41H2,1-2H3/b19-17-,20-18-. The van der Waals surface area contributed by atoms with Crippen LogP contribution in [-0.4, -0.2) is 52.8 Å². The van der Waals surface area contributed by atoms with Gasteiger partial charge in [0.15, 0.2) is 6.29 Å². The number of hydrogen-bond acceptors (Lipinski definition) is 4. The summed E-state index contributed by atoms with van der Waals surface area (Å²) >= 11 is 0. The highest BCUT2D eigenvalue weighted by Gasteiger charge is 2.16. The fourth-order valence-corrected chi connectivity index (χ4v) is 6.86. The maximum atomic E-state index is 9.54. The van der Waals surface area contributed by atoms with Crippen LogP contribution < -0.4 is 0 Å². The van der Waals surface area contributed by atoms with Crippen LogP contribution in [0.15, 0.2) is 24.3 Å². The van der Waals surface area contributed by atoms with Crippen molar-refractivity contribution in [3.05, 3.63) is 24.3 Å². The van der Waals surface area contributed by atoms with Gasteiger partial charge in [0, 0.05) is 19.6 Å². The molecular formula is C43H85NO3. The molecule has 3 N–H and O–H groups in total. The van der Waals surface area contributed by atoms with E-state index in [0.717, 1.165) is 6.54 Å². The van der Waals surface area contributed by atoms with E-state index in [1.165, 1.54) is 199 Å². The molecule has 0 heterocycles. The Morgan fingerprint density at radius 2 is 0.745 bits per heavy atom. The lowest BCUT2D eigenvalue weighted by Crippen LogP contribution is -2.38. The summed E-state index contributed by atoms with van der Waals surface area (Å²) < 4.78 is 0. The van der Waals surface area contributed by atoms with Crippen LogP contribution in [0.4, 0.5) is 0 Å². The van der Waals surface area contributed by atoms with Crippen molar-refractivity contribution in [1.29, 1.82) is 0 Å². The summed E-state index contributed by atoms with van der Waals surface area (Å²) in [7, 11) is 0. The van der Waals surface area contributed by atoms with Crippen molar-refractivity contribution in [1.82, 2.24) is 4.90 Å². The number of rotatable bonds is 39. The normalized spacial score (nSPS) is 12.9. The predicted molar refractivity (Wildman–Crippen MR) is 208 cm³/mol. The largest absolute Gasteiger partial charge is 0.395 e. The van der Waals surface area contributed by atoms with E-state index < -0.39 is 6.29 Å². The summed E-state index contributed by atoms with van der Waals surface area (Å²) in [6.45, 7) is 6.27. The molecular weight excluding hydrogens is 578 g/mol. The first kappa shape index (κ1) is 46.3. The molecule has 0 aromatic heterocycles. The van der Waals surface area contributed by atoms with Crippen LogP contribution in [0.5, 0.6) is 0 Å². The van der Waals surface area contributed by atoms with Gasteiger partial charge in [-0.25, -0.2) is 0 Å². The van der Waals surface area contributed by atoms with Crippen molar-refractivity contribution >= 4 is 0 Å². The maximum Gasteiger partial charge on any atom is 0.164 e. The molecule has 0 bridgehead atoms. The fraction of sp³-hybridized carbons (Fsp3) is 0.907. The molecule has 0 rings (SSSR count).